The number of benzene rings is 1. The minimum Gasteiger partial charge on any atom is -0.496 e. The topological polar surface area (TPSA) is 73.6 Å². The lowest BCUT2D eigenvalue weighted by molar-refractivity contribution is 0.0118. The van der Waals surface area contributed by atoms with E-state index in [1.54, 1.807) is 6.92 Å². The largest absolute Gasteiger partial charge is 0.496 e. The summed E-state index contributed by atoms with van der Waals surface area (Å²) in [6.07, 6.45) is 0. The molecule has 0 fully saturated rings. The van der Waals surface area contributed by atoms with Crippen LogP contribution in [0.3, 0.4) is 0 Å². The molecule has 0 aromatic heterocycles. The summed E-state index contributed by atoms with van der Waals surface area (Å²) in [6.45, 7) is 0.122. The quantitative estimate of drug-likeness (QED) is 0.828. The maximum atomic E-state index is 13.0. The van der Waals surface area contributed by atoms with Crippen LogP contribution in [0.2, 0.25) is 0 Å². The van der Waals surface area contributed by atoms with Crippen LogP contribution in [0, 0.1) is 6.92 Å². The zero-order valence-corrected chi connectivity index (χ0v) is 11.6. The number of carbonyl (C=O) groups is 1. The Bertz CT molecular complexity index is 467. The van der Waals surface area contributed by atoms with E-state index in [0.29, 0.717) is 11.5 Å². The van der Waals surface area contributed by atoms with Crippen molar-refractivity contribution in [3.8, 4) is 11.5 Å². The molecule has 20 heavy (non-hydrogen) atoms. The van der Waals surface area contributed by atoms with Crippen molar-refractivity contribution in [3.05, 3.63) is 23.3 Å². The molecule has 1 aromatic rings. The first-order valence-corrected chi connectivity index (χ1v) is 5.93. The second-order valence-electron chi connectivity index (χ2n) is 4.25. The molecule has 5 nitrogen and oxygen atoms in total. The highest BCUT2D eigenvalue weighted by atomic mass is 19.3. The zero-order valence-electron chi connectivity index (χ0n) is 11.6. The van der Waals surface area contributed by atoms with Crippen molar-refractivity contribution in [2.75, 3.05) is 27.3 Å². The smallest absolute Gasteiger partial charge is 0.277 e. The molecule has 0 saturated carbocycles. The molecule has 0 bridgehead atoms. The minimum atomic E-state index is -3.13. The van der Waals surface area contributed by atoms with E-state index in [1.807, 2.05) is 0 Å². The summed E-state index contributed by atoms with van der Waals surface area (Å²) in [5.41, 5.74) is 5.80. The molecule has 0 atom stereocenters. The van der Waals surface area contributed by atoms with Gasteiger partial charge in [-0.05, 0) is 19.1 Å². The van der Waals surface area contributed by atoms with Crippen LogP contribution < -0.4 is 20.5 Å². The zero-order chi connectivity index (χ0) is 15.3. The van der Waals surface area contributed by atoms with Gasteiger partial charge in [0.15, 0.2) is 0 Å². The number of carbonyl (C=O) groups excluding carboxylic acids is 1. The first kappa shape index (κ1) is 16.2. The van der Waals surface area contributed by atoms with E-state index in [9.17, 15) is 13.6 Å². The van der Waals surface area contributed by atoms with Crippen LogP contribution >= 0.6 is 0 Å². The number of hydrogen-bond donors (Lipinski definition) is 2. The number of amides is 1. The van der Waals surface area contributed by atoms with Crippen LogP contribution in [0.15, 0.2) is 12.1 Å². The van der Waals surface area contributed by atoms with E-state index in [-0.39, 0.29) is 5.56 Å². The molecule has 1 rings (SSSR count). The predicted molar refractivity (Wildman–Crippen MR) is 70.6 cm³/mol. The molecule has 0 heterocycles. The van der Waals surface area contributed by atoms with Gasteiger partial charge < -0.3 is 20.5 Å². The average Bonchev–Trinajstić information content (AvgIpc) is 2.45. The van der Waals surface area contributed by atoms with E-state index in [2.05, 4.69) is 5.32 Å². The van der Waals surface area contributed by atoms with E-state index in [4.69, 9.17) is 15.2 Å². The van der Waals surface area contributed by atoms with Crippen LogP contribution in [0.25, 0.3) is 0 Å². The maximum absolute atomic E-state index is 13.0. The number of nitrogens with one attached hydrogen (secondary N) is 1. The van der Waals surface area contributed by atoms with Crippen molar-refractivity contribution in [1.29, 1.82) is 0 Å². The lowest BCUT2D eigenvalue weighted by Gasteiger charge is -2.16. The molecular weight excluding hydrogens is 270 g/mol. The van der Waals surface area contributed by atoms with Gasteiger partial charge in [-0.25, -0.2) is 8.78 Å². The SMILES string of the molecule is COc1cc(C(=O)NCC(F)(F)CN)cc(OC)c1C. The third-order valence-corrected chi connectivity index (χ3v) is 2.82. The van der Waals surface area contributed by atoms with Crippen molar-refractivity contribution < 1.29 is 23.0 Å². The van der Waals surface area contributed by atoms with Crippen molar-refractivity contribution in [2.45, 2.75) is 12.8 Å². The molecule has 0 aliphatic rings. The number of rotatable bonds is 6. The number of halogens is 2. The van der Waals surface area contributed by atoms with Crippen LogP contribution in [0.5, 0.6) is 11.5 Å². The van der Waals surface area contributed by atoms with Crippen LogP contribution in [0.1, 0.15) is 15.9 Å². The minimum absolute atomic E-state index is 0.178. The predicted octanol–water partition coefficient (Wildman–Crippen LogP) is 1.34. The monoisotopic (exact) mass is 288 g/mol. The van der Waals surface area contributed by atoms with Gasteiger partial charge >= 0.3 is 0 Å². The van der Waals surface area contributed by atoms with Gasteiger partial charge in [0.05, 0.1) is 27.3 Å². The van der Waals surface area contributed by atoms with Crippen molar-refractivity contribution >= 4 is 5.91 Å². The first-order valence-electron chi connectivity index (χ1n) is 5.93. The lowest BCUT2D eigenvalue weighted by atomic mass is 10.1. The van der Waals surface area contributed by atoms with Crippen LogP contribution in [0.4, 0.5) is 8.78 Å². The fourth-order valence-electron chi connectivity index (χ4n) is 1.60. The molecule has 0 saturated heterocycles. The standard InChI is InChI=1S/C13H18F2N2O3/c1-8-10(19-2)4-9(5-11(8)20-3)12(18)17-7-13(14,15)6-16/h4-5H,6-7,16H2,1-3H3,(H,17,18). The average molecular weight is 288 g/mol. The molecule has 3 N–H and O–H groups in total. The summed E-state index contributed by atoms with van der Waals surface area (Å²) in [6, 6.07) is 2.93. The second kappa shape index (κ2) is 6.51. The molecule has 1 aromatic carbocycles. The molecule has 7 heteroatoms. The molecular formula is C13H18F2N2O3. The number of ether oxygens (including phenoxy) is 2. The Labute approximate surface area is 116 Å². The summed E-state index contributed by atoms with van der Waals surface area (Å²) in [4.78, 5) is 11.9. The Balaban J connectivity index is 2.93. The molecule has 1 amide bonds. The number of alkyl halides is 2. The van der Waals surface area contributed by atoms with Crippen LogP contribution in [-0.4, -0.2) is 39.1 Å². The highest BCUT2D eigenvalue weighted by molar-refractivity contribution is 5.95. The summed E-state index contributed by atoms with van der Waals surface area (Å²) >= 11 is 0. The highest BCUT2D eigenvalue weighted by Crippen LogP contribution is 2.29. The van der Waals surface area contributed by atoms with Crippen molar-refractivity contribution in [3.63, 3.8) is 0 Å². The Kier molecular flexibility index (Phi) is 5.26. The normalized spacial score (nSPS) is 11.1. The highest BCUT2D eigenvalue weighted by Gasteiger charge is 2.27. The number of nitrogens with two attached hydrogens (primary N) is 1. The molecule has 0 aliphatic heterocycles. The van der Waals surface area contributed by atoms with Gasteiger partial charge in [0.2, 0.25) is 0 Å². The Hall–Kier alpha value is -1.89. The van der Waals surface area contributed by atoms with Gasteiger partial charge in [-0.1, -0.05) is 0 Å². The van der Waals surface area contributed by atoms with Gasteiger partial charge in [-0.2, -0.15) is 0 Å². The number of methoxy groups -OCH3 is 2. The maximum Gasteiger partial charge on any atom is 0.277 e. The van der Waals surface area contributed by atoms with Gasteiger partial charge in [-0.3, -0.25) is 4.79 Å². The summed E-state index contributed by atoms with van der Waals surface area (Å²) in [7, 11) is 2.90. The van der Waals surface area contributed by atoms with Gasteiger partial charge in [-0.15, -0.1) is 0 Å². The molecule has 0 spiro atoms. The van der Waals surface area contributed by atoms with E-state index in [1.165, 1.54) is 26.4 Å². The third-order valence-electron chi connectivity index (χ3n) is 2.82. The molecule has 112 valence electrons. The van der Waals surface area contributed by atoms with E-state index < -0.39 is 24.9 Å². The Morgan fingerprint density at radius 1 is 1.30 bits per heavy atom. The van der Waals surface area contributed by atoms with Gasteiger partial charge in [0.1, 0.15) is 11.5 Å². The fraction of sp³-hybridized carbons (Fsp3) is 0.462. The van der Waals surface area contributed by atoms with Crippen molar-refractivity contribution in [2.24, 2.45) is 5.73 Å². The number of hydrogen-bond acceptors (Lipinski definition) is 4. The first-order chi connectivity index (χ1) is 9.34. The van der Waals surface area contributed by atoms with E-state index in [0.717, 1.165) is 5.56 Å². The molecule has 0 radical (unpaired) electrons. The third kappa shape index (κ3) is 3.80. The fourth-order valence-corrected chi connectivity index (χ4v) is 1.60. The lowest BCUT2D eigenvalue weighted by Crippen LogP contribution is -2.41. The summed E-state index contributed by atoms with van der Waals surface area (Å²) in [5, 5.41) is 2.13. The second-order valence-corrected chi connectivity index (χ2v) is 4.25. The Morgan fingerprint density at radius 2 is 1.80 bits per heavy atom. The van der Waals surface area contributed by atoms with Crippen LogP contribution in [-0.2, 0) is 0 Å². The molecule has 0 aliphatic carbocycles. The van der Waals surface area contributed by atoms with Gasteiger partial charge in [0.25, 0.3) is 11.8 Å². The van der Waals surface area contributed by atoms with Gasteiger partial charge in [0, 0.05) is 11.1 Å². The summed E-state index contributed by atoms with van der Waals surface area (Å²) < 4.78 is 36.2. The summed E-state index contributed by atoms with van der Waals surface area (Å²) in [5.74, 6) is -2.89. The molecule has 0 unspecified atom stereocenters. The van der Waals surface area contributed by atoms with Crippen molar-refractivity contribution in [1.82, 2.24) is 5.32 Å². The van der Waals surface area contributed by atoms with E-state index >= 15 is 0 Å². The Morgan fingerprint density at radius 3 is 2.20 bits per heavy atom.